The van der Waals surface area contributed by atoms with Crippen LogP contribution in [0.2, 0.25) is 0 Å². The van der Waals surface area contributed by atoms with E-state index in [-0.39, 0.29) is 41.3 Å². The number of imidazole rings is 1. The second kappa shape index (κ2) is 9.32. The van der Waals surface area contributed by atoms with E-state index in [0.29, 0.717) is 31.5 Å². The highest BCUT2D eigenvalue weighted by Gasteiger charge is 2.26. The quantitative estimate of drug-likeness (QED) is 0.512. The summed E-state index contributed by atoms with van der Waals surface area (Å²) in [6, 6.07) is 13.2. The Morgan fingerprint density at radius 1 is 1.06 bits per heavy atom. The van der Waals surface area contributed by atoms with Crippen LogP contribution in [0.1, 0.15) is 42.6 Å². The van der Waals surface area contributed by atoms with E-state index in [1.165, 1.54) is 31.2 Å². The number of nitrogens with one attached hydrogen (secondary N) is 2. The van der Waals surface area contributed by atoms with Gasteiger partial charge in [-0.15, -0.1) is 0 Å². The Kier molecular flexibility index (Phi) is 6.48. The highest BCUT2D eigenvalue weighted by molar-refractivity contribution is 7.89. The molecule has 1 saturated heterocycles. The zero-order valence-corrected chi connectivity index (χ0v) is 19.1. The number of sulfonamides is 1. The molecule has 0 aliphatic carbocycles. The van der Waals surface area contributed by atoms with Crippen LogP contribution in [0.15, 0.2) is 58.2 Å². The molecule has 0 atom stereocenters. The molecule has 2 aromatic carbocycles. The minimum Gasteiger partial charge on any atom is -0.343 e. The van der Waals surface area contributed by atoms with Crippen LogP contribution in [-0.4, -0.2) is 54.2 Å². The maximum Gasteiger partial charge on any atom is 0.326 e. The lowest BCUT2D eigenvalue weighted by molar-refractivity contribution is -0.132. The number of carbonyl (C=O) groups excluding carboxylic acids is 2. The number of carbonyl (C=O) groups is 2. The van der Waals surface area contributed by atoms with Crippen molar-refractivity contribution < 1.29 is 18.0 Å². The number of aromatic amines is 1. The molecule has 9 nitrogen and oxygen atoms in total. The van der Waals surface area contributed by atoms with E-state index in [1.807, 2.05) is 24.3 Å². The first-order valence-electron chi connectivity index (χ1n) is 10.8. The number of benzene rings is 2. The number of rotatable bonds is 7. The van der Waals surface area contributed by atoms with Gasteiger partial charge in [0.2, 0.25) is 15.9 Å². The fourth-order valence-electron chi connectivity index (χ4n) is 4.21. The summed E-state index contributed by atoms with van der Waals surface area (Å²) in [6.07, 6.45) is 1.35. The molecule has 2 heterocycles. The molecule has 1 aromatic heterocycles. The predicted octanol–water partition coefficient (Wildman–Crippen LogP) is 2.06. The Balaban J connectivity index is 1.30. The van der Waals surface area contributed by atoms with Crippen LogP contribution in [0.3, 0.4) is 0 Å². The van der Waals surface area contributed by atoms with Gasteiger partial charge in [0.15, 0.2) is 5.78 Å². The molecule has 1 fully saturated rings. The molecule has 0 unspecified atom stereocenters. The fraction of sp³-hybridized carbons (Fsp3) is 0.348. The van der Waals surface area contributed by atoms with Gasteiger partial charge in [-0.05, 0) is 44.0 Å². The van der Waals surface area contributed by atoms with Crippen molar-refractivity contribution in [3.8, 4) is 0 Å². The number of nitrogens with zero attached hydrogens (tertiary/aromatic N) is 2. The molecule has 1 aliphatic heterocycles. The summed E-state index contributed by atoms with van der Waals surface area (Å²) in [6.45, 7) is 2.41. The normalized spacial score (nSPS) is 15.1. The Bertz CT molecular complexity index is 1330. The second-order valence-electron chi connectivity index (χ2n) is 8.16. The largest absolute Gasteiger partial charge is 0.343 e. The van der Waals surface area contributed by atoms with Crippen molar-refractivity contribution in [1.29, 1.82) is 0 Å². The Morgan fingerprint density at radius 2 is 1.73 bits per heavy atom. The van der Waals surface area contributed by atoms with Gasteiger partial charge in [-0.3, -0.25) is 14.2 Å². The first kappa shape index (κ1) is 22.9. The molecule has 33 heavy (non-hydrogen) atoms. The van der Waals surface area contributed by atoms with Gasteiger partial charge in [-0.2, -0.15) is 0 Å². The molecule has 0 radical (unpaired) electrons. The third kappa shape index (κ3) is 4.91. The predicted molar refractivity (Wildman–Crippen MR) is 124 cm³/mol. The molecule has 0 saturated carbocycles. The fourth-order valence-corrected chi connectivity index (χ4v) is 5.24. The number of hydrogen-bond acceptors (Lipinski definition) is 5. The first-order valence-corrected chi connectivity index (χ1v) is 12.3. The molecule has 2 N–H and O–H groups in total. The molecule has 4 rings (SSSR count). The molecular weight excluding hydrogens is 444 g/mol. The van der Waals surface area contributed by atoms with Crippen LogP contribution in [0.25, 0.3) is 11.0 Å². The minimum atomic E-state index is -3.77. The molecule has 0 bridgehead atoms. The Hall–Kier alpha value is -3.24. The van der Waals surface area contributed by atoms with Crippen molar-refractivity contribution in [2.45, 2.75) is 37.1 Å². The summed E-state index contributed by atoms with van der Waals surface area (Å²) in [5.74, 6) is -0.273. The average Bonchev–Trinajstić information content (AvgIpc) is 3.14. The number of hydrogen-bond donors (Lipinski definition) is 2. The standard InChI is InChI=1S/C23H26N4O5S/c1-16(28)17-6-8-19(9-7-17)33(31,32)24-13-10-22(29)26-14-11-18(12-15-26)27-21-5-3-2-4-20(21)25-23(27)30/h2-9,18,24H,10-15H2,1H3,(H,25,30). The molecule has 1 aliphatic rings. The van der Waals surface area contributed by atoms with Gasteiger partial charge >= 0.3 is 5.69 Å². The number of piperidine rings is 1. The third-order valence-electron chi connectivity index (χ3n) is 6.01. The lowest BCUT2D eigenvalue weighted by Crippen LogP contribution is -2.41. The van der Waals surface area contributed by atoms with E-state index < -0.39 is 10.0 Å². The number of likely N-dealkylation sites (tertiary alicyclic amines) is 1. The Labute approximate surface area is 191 Å². The molecule has 174 valence electrons. The van der Waals surface area contributed by atoms with Crippen molar-refractivity contribution in [3.63, 3.8) is 0 Å². The number of H-pyrrole nitrogens is 1. The topological polar surface area (TPSA) is 121 Å². The van der Waals surface area contributed by atoms with Crippen molar-refractivity contribution >= 4 is 32.7 Å². The number of fused-ring (bicyclic) bond motifs is 1. The van der Waals surface area contributed by atoms with Gasteiger partial charge < -0.3 is 9.88 Å². The summed E-state index contributed by atoms with van der Waals surface area (Å²) >= 11 is 0. The average molecular weight is 471 g/mol. The van der Waals surface area contributed by atoms with Crippen molar-refractivity contribution in [3.05, 3.63) is 64.6 Å². The molecule has 10 heteroatoms. The summed E-state index contributed by atoms with van der Waals surface area (Å²) in [7, 11) is -3.77. The first-order chi connectivity index (χ1) is 15.8. The number of aromatic nitrogens is 2. The van der Waals surface area contributed by atoms with Crippen molar-refractivity contribution in [2.75, 3.05) is 19.6 Å². The van der Waals surface area contributed by atoms with Gasteiger partial charge in [-0.25, -0.2) is 17.9 Å². The van der Waals surface area contributed by atoms with E-state index >= 15 is 0 Å². The highest BCUT2D eigenvalue weighted by atomic mass is 32.2. The summed E-state index contributed by atoms with van der Waals surface area (Å²) in [5.41, 5.74) is 1.94. The van der Waals surface area contributed by atoms with Crippen LogP contribution in [0.4, 0.5) is 0 Å². The number of Topliss-reactive ketones (excluding diaryl/α,β-unsaturated/α-hetero) is 1. The van der Waals surface area contributed by atoms with Crippen molar-refractivity contribution in [2.24, 2.45) is 0 Å². The van der Waals surface area contributed by atoms with Gasteiger partial charge in [0.25, 0.3) is 0 Å². The molecular formula is C23H26N4O5S. The molecule has 0 spiro atoms. The maximum absolute atomic E-state index is 12.6. The zero-order chi connectivity index (χ0) is 23.6. The maximum atomic E-state index is 12.6. The minimum absolute atomic E-state index is 0.00850. The number of ketones is 1. The SMILES string of the molecule is CC(=O)c1ccc(S(=O)(=O)NCCC(=O)N2CCC(n3c(=O)[nH]c4ccccc43)CC2)cc1. The van der Waals surface area contributed by atoms with Crippen LogP contribution in [0, 0.1) is 0 Å². The molecule has 3 aromatic rings. The monoisotopic (exact) mass is 470 g/mol. The van der Waals surface area contributed by atoms with Crippen LogP contribution < -0.4 is 10.4 Å². The molecule has 1 amide bonds. The lowest BCUT2D eigenvalue weighted by Gasteiger charge is -2.32. The van der Waals surface area contributed by atoms with Gasteiger partial charge in [0, 0.05) is 37.7 Å². The van der Waals surface area contributed by atoms with Crippen molar-refractivity contribution in [1.82, 2.24) is 19.2 Å². The Morgan fingerprint density at radius 3 is 2.39 bits per heavy atom. The number of para-hydroxylation sites is 2. The van der Waals surface area contributed by atoms with Gasteiger partial charge in [0.05, 0.1) is 15.9 Å². The smallest absolute Gasteiger partial charge is 0.326 e. The summed E-state index contributed by atoms with van der Waals surface area (Å²) in [4.78, 5) is 41.0. The second-order valence-corrected chi connectivity index (χ2v) is 9.92. The van der Waals surface area contributed by atoms with Gasteiger partial charge in [0.1, 0.15) is 0 Å². The lowest BCUT2D eigenvalue weighted by atomic mass is 10.0. The van der Waals surface area contributed by atoms with E-state index in [1.54, 1.807) is 9.47 Å². The van der Waals surface area contributed by atoms with Crippen LogP contribution in [0.5, 0.6) is 0 Å². The van der Waals surface area contributed by atoms with Gasteiger partial charge in [-0.1, -0.05) is 24.3 Å². The third-order valence-corrected chi connectivity index (χ3v) is 7.49. The van der Waals surface area contributed by atoms with E-state index in [0.717, 1.165) is 11.0 Å². The summed E-state index contributed by atoms with van der Waals surface area (Å²) < 4.78 is 29.1. The zero-order valence-electron chi connectivity index (χ0n) is 18.3. The van der Waals surface area contributed by atoms with E-state index in [4.69, 9.17) is 0 Å². The van der Waals surface area contributed by atoms with E-state index in [2.05, 4.69) is 9.71 Å². The summed E-state index contributed by atoms with van der Waals surface area (Å²) in [5, 5.41) is 0. The van der Waals surface area contributed by atoms with E-state index in [9.17, 15) is 22.8 Å². The highest BCUT2D eigenvalue weighted by Crippen LogP contribution is 2.25. The van der Waals surface area contributed by atoms with Crippen LogP contribution >= 0.6 is 0 Å². The number of amides is 1. The van der Waals surface area contributed by atoms with Crippen LogP contribution in [-0.2, 0) is 14.8 Å².